The normalized spacial score (nSPS) is 17.1. The predicted molar refractivity (Wildman–Crippen MR) is 84.3 cm³/mol. The van der Waals surface area contributed by atoms with Crippen LogP contribution in [0.3, 0.4) is 0 Å². The van der Waals surface area contributed by atoms with Crippen LogP contribution < -0.4 is 0 Å². The Morgan fingerprint density at radius 2 is 2.19 bits per heavy atom. The first-order chi connectivity index (χ1) is 10.1. The van der Waals surface area contributed by atoms with E-state index in [0.717, 1.165) is 19.5 Å². The number of aliphatic hydroxyl groups excluding tert-OH is 1. The first-order valence-corrected chi connectivity index (χ1v) is 7.69. The highest BCUT2D eigenvalue weighted by molar-refractivity contribution is 5.86. The minimum atomic E-state index is -0.740. The van der Waals surface area contributed by atoms with Crippen LogP contribution in [0.2, 0.25) is 0 Å². The minimum absolute atomic E-state index is 0.506. The Kier molecular flexibility index (Phi) is 4.02. The molecule has 1 N–H and O–H groups in total. The van der Waals surface area contributed by atoms with Crippen molar-refractivity contribution < 1.29 is 9.84 Å². The van der Waals surface area contributed by atoms with Gasteiger partial charge in [0.1, 0.15) is 0 Å². The van der Waals surface area contributed by atoms with E-state index < -0.39 is 6.29 Å². The highest BCUT2D eigenvalue weighted by atomic mass is 16.6. The van der Waals surface area contributed by atoms with Gasteiger partial charge in [-0.15, -0.1) is 0 Å². The van der Waals surface area contributed by atoms with Crippen molar-refractivity contribution in [3.8, 4) is 0 Å². The fraction of sp³-hybridized carbons (Fsp3) is 0.529. The van der Waals surface area contributed by atoms with E-state index in [1.807, 2.05) is 6.92 Å². The summed E-state index contributed by atoms with van der Waals surface area (Å²) in [7, 11) is 2.16. The van der Waals surface area contributed by atoms with Crippen LogP contribution in [-0.4, -0.2) is 41.1 Å². The second-order valence-electron chi connectivity index (χ2n) is 5.95. The fourth-order valence-electron chi connectivity index (χ4n) is 3.31. The Labute approximate surface area is 125 Å². The van der Waals surface area contributed by atoms with E-state index in [1.54, 1.807) is 0 Å². The summed E-state index contributed by atoms with van der Waals surface area (Å²) in [5.41, 5.74) is 5.25. The molecule has 114 valence electrons. The first kappa shape index (κ1) is 14.6. The number of hydrogen-bond donors (Lipinski definition) is 1. The number of benzene rings is 1. The molecule has 1 unspecified atom stereocenters. The number of hydrogen-bond acceptors (Lipinski definition) is 3. The van der Waals surface area contributed by atoms with Gasteiger partial charge in [0, 0.05) is 42.7 Å². The monoisotopic (exact) mass is 288 g/mol. The van der Waals surface area contributed by atoms with Gasteiger partial charge in [-0.25, -0.2) is 0 Å². The van der Waals surface area contributed by atoms with Gasteiger partial charge in [0.2, 0.25) is 0 Å². The van der Waals surface area contributed by atoms with Crippen LogP contribution in [0.4, 0.5) is 0 Å². The van der Waals surface area contributed by atoms with Crippen LogP contribution in [0.15, 0.2) is 18.2 Å². The number of rotatable bonds is 4. The molecule has 1 aromatic heterocycles. The van der Waals surface area contributed by atoms with Crippen molar-refractivity contribution in [3.05, 3.63) is 35.0 Å². The Morgan fingerprint density at radius 3 is 2.95 bits per heavy atom. The molecule has 0 fully saturated rings. The molecule has 1 atom stereocenters. The molecule has 21 heavy (non-hydrogen) atoms. The van der Waals surface area contributed by atoms with E-state index in [9.17, 15) is 5.11 Å². The molecule has 0 aliphatic carbocycles. The van der Waals surface area contributed by atoms with Crippen molar-refractivity contribution in [1.29, 1.82) is 0 Å². The van der Waals surface area contributed by atoms with Gasteiger partial charge < -0.3 is 19.3 Å². The summed E-state index contributed by atoms with van der Waals surface area (Å²) >= 11 is 0. The van der Waals surface area contributed by atoms with Crippen LogP contribution in [0.5, 0.6) is 0 Å². The molecular weight excluding hydrogens is 264 g/mol. The molecule has 1 aromatic carbocycles. The van der Waals surface area contributed by atoms with Crippen LogP contribution in [0.1, 0.15) is 23.7 Å². The maximum absolute atomic E-state index is 10.0. The van der Waals surface area contributed by atoms with Gasteiger partial charge in [0.25, 0.3) is 0 Å². The minimum Gasteiger partial charge on any atom is -0.366 e. The molecule has 0 spiro atoms. The van der Waals surface area contributed by atoms with Crippen molar-refractivity contribution in [2.45, 2.75) is 39.6 Å². The summed E-state index contributed by atoms with van der Waals surface area (Å²) in [4.78, 5) is 2.35. The molecule has 0 bridgehead atoms. The number of aliphatic hydroxyl groups is 1. The standard InChI is InChI=1S/C17H24N2O2/c1-4-21-17(20)11-19-15-6-5-12(2)9-13(15)14-10-18(3)8-7-16(14)19/h5-6,9,17,20H,4,7-8,10-11H2,1-3H3. The zero-order chi connectivity index (χ0) is 15.0. The average Bonchev–Trinajstić information content (AvgIpc) is 2.72. The second kappa shape index (κ2) is 5.79. The van der Waals surface area contributed by atoms with E-state index in [1.165, 1.54) is 27.7 Å². The van der Waals surface area contributed by atoms with E-state index >= 15 is 0 Å². The van der Waals surface area contributed by atoms with Crippen molar-refractivity contribution in [2.24, 2.45) is 0 Å². The third-order valence-corrected chi connectivity index (χ3v) is 4.30. The Hall–Kier alpha value is -1.36. The van der Waals surface area contributed by atoms with Gasteiger partial charge in [-0.05, 0) is 38.6 Å². The number of aryl methyl sites for hydroxylation is 1. The molecular formula is C17H24N2O2. The Bertz CT molecular complexity index is 648. The summed E-state index contributed by atoms with van der Waals surface area (Å²) in [6, 6.07) is 6.57. The van der Waals surface area contributed by atoms with Crippen molar-refractivity contribution in [3.63, 3.8) is 0 Å². The highest BCUT2D eigenvalue weighted by Crippen LogP contribution is 2.31. The maximum Gasteiger partial charge on any atom is 0.172 e. The van der Waals surface area contributed by atoms with Crippen LogP contribution in [0, 0.1) is 6.92 Å². The molecule has 4 nitrogen and oxygen atoms in total. The lowest BCUT2D eigenvalue weighted by molar-refractivity contribution is -0.103. The molecule has 1 aliphatic heterocycles. The predicted octanol–water partition coefficient (Wildman–Crippen LogP) is 2.29. The summed E-state index contributed by atoms with van der Waals surface area (Å²) in [5.74, 6) is 0. The van der Waals surface area contributed by atoms with Crippen LogP contribution in [-0.2, 0) is 24.2 Å². The van der Waals surface area contributed by atoms with Gasteiger partial charge in [-0.2, -0.15) is 0 Å². The molecule has 0 saturated carbocycles. The third-order valence-electron chi connectivity index (χ3n) is 4.30. The fourth-order valence-corrected chi connectivity index (χ4v) is 3.31. The summed E-state index contributed by atoms with van der Waals surface area (Å²) < 4.78 is 7.57. The van der Waals surface area contributed by atoms with Gasteiger partial charge in [0.05, 0.1) is 6.54 Å². The lowest BCUT2D eigenvalue weighted by Crippen LogP contribution is -2.28. The largest absolute Gasteiger partial charge is 0.366 e. The Morgan fingerprint density at radius 1 is 1.38 bits per heavy atom. The number of nitrogens with zero attached hydrogens (tertiary/aromatic N) is 2. The summed E-state index contributed by atoms with van der Waals surface area (Å²) in [6.45, 7) is 7.12. The van der Waals surface area contributed by atoms with E-state index in [0.29, 0.717) is 13.2 Å². The lowest BCUT2D eigenvalue weighted by atomic mass is 10.0. The van der Waals surface area contributed by atoms with Crippen molar-refractivity contribution in [2.75, 3.05) is 20.2 Å². The third kappa shape index (κ3) is 2.71. The number of likely N-dealkylation sites (N-methyl/N-ethyl adjacent to an activating group) is 1. The molecule has 0 amide bonds. The number of fused-ring (bicyclic) bond motifs is 3. The van der Waals surface area contributed by atoms with Crippen molar-refractivity contribution in [1.82, 2.24) is 9.47 Å². The van der Waals surface area contributed by atoms with E-state index in [4.69, 9.17) is 4.74 Å². The molecule has 0 radical (unpaired) electrons. The average molecular weight is 288 g/mol. The zero-order valence-electron chi connectivity index (χ0n) is 13.1. The summed E-state index contributed by atoms with van der Waals surface area (Å²) in [6.07, 6.45) is 0.286. The van der Waals surface area contributed by atoms with Crippen LogP contribution in [0.25, 0.3) is 10.9 Å². The highest BCUT2D eigenvalue weighted by Gasteiger charge is 2.23. The molecule has 3 rings (SSSR count). The number of ether oxygens (including phenoxy) is 1. The van der Waals surface area contributed by atoms with Gasteiger partial charge in [-0.3, -0.25) is 0 Å². The molecule has 4 heteroatoms. The van der Waals surface area contributed by atoms with E-state index in [2.05, 4.69) is 41.6 Å². The van der Waals surface area contributed by atoms with Gasteiger partial charge in [0.15, 0.2) is 6.29 Å². The molecule has 2 heterocycles. The van der Waals surface area contributed by atoms with Crippen molar-refractivity contribution >= 4 is 10.9 Å². The SMILES string of the molecule is CCOC(O)Cn1c2c(c3cc(C)ccc31)CN(C)CC2. The van der Waals surface area contributed by atoms with Gasteiger partial charge >= 0.3 is 0 Å². The maximum atomic E-state index is 10.0. The molecule has 2 aromatic rings. The molecule has 1 aliphatic rings. The smallest absolute Gasteiger partial charge is 0.172 e. The van der Waals surface area contributed by atoms with Crippen LogP contribution >= 0.6 is 0 Å². The Balaban J connectivity index is 2.10. The molecule has 0 saturated heterocycles. The lowest BCUT2D eigenvalue weighted by Gasteiger charge is -2.24. The zero-order valence-corrected chi connectivity index (χ0v) is 13.1. The quantitative estimate of drug-likeness (QED) is 0.877. The topological polar surface area (TPSA) is 37.6 Å². The van der Waals surface area contributed by atoms with Gasteiger partial charge in [-0.1, -0.05) is 11.6 Å². The van der Waals surface area contributed by atoms with E-state index in [-0.39, 0.29) is 0 Å². The first-order valence-electron chi connectivity index (χ1n) is 7.69. The number of aromatic nitrogens is 1. The summed E-state index contributed by atoms with van der Waals surface area (Å²) in [5, 5.41) is 11.4. The second-order valence-corrected chi connectivity index (χ2v) is 5.95.